The molecule has 1 aliphatic heterocycles. The van der Waals surface area contributed by atoms with Crippen LogP contribution in [0.15, 0.2) is 12.3 Å². The molecule has 2 rings (SSSR count). The molecule has 2 amide bonds. The Balaban J connectivity index is 2.07. The van der Waals surface area contributed by atoms with Gasteiger partial charge in [0.1, 0.15) is 11.9 Å². The number of carbonyl (C=O) groups excluding carboxylic acids is 2. The molecule has 0 saturated carbocycles. The van der Waals surface area contributed by atoms with Crippen molar-refractivity contribution in [2.24, 2.45) is 5.73 Å². The number of rotatable bonds is 4. The second kappa shape index (κ2) is 5.77. The van der Waals surface area contributed by atoms with Gasteiger partial charge < -0.3 is 21.7 Å². The fourth-order valence-electron chi connectivity index (χ4n) is 2.25. The molecular weight excluding hydrogens is 258 g/mol. The van der Waals surface area contributed by atoms with Crippen molar-refractivity contribution < 1.29 is 9.59 Å². The van der Waals surface area contributed by atoms with Gasteiger partial charge in [-0.1, -0.05) is 0 Å². The van der Waals surface area contributed by atoms with Crippen LogP contribution >= 0.6 is 0 Å². The Hall–Kier alpha value is -2.31. The Morgan fingerprint density at radius 2 is 2.05 bits per heavy atom. The van der Waals surface area contributed by atoms with Gasteiger partial charge in [0.05, 0.1) is 17.4 Å². The Morgan fingerprint density at radius 1 is 1.40 bits per heavy atom. The van der Waals surface area contributed by atoms with E-state index in [-0.39, 0.29) is 17.2 Å². The van der Waals surface area contributed by atoms with E-state index in [0.29, 0.717) is 5.82 Å². The van der Waals surface area contributed by atoms with E-state index in [2.05, 4.69) is 10.3 Å². The van der Waals surface area contributed by atoms with Crippen molar-refractivity contribution >= 4 is 23.3 Å². The molecule has 1 aromatic heterocycles. The molecule has 1 fully saturated rings. The van der Waals surface area contributed by atoms with Crippen LogP contribution in [0.1, 0.15) is 30.1 Å². The molecule has 1 unspecified atom stereocenters. The predicted molar refractivity (Wildman–Crippen MR) is 76.1 cm³/mol. The summed E-state index contributed by atoms with van der Waals surface area (Å²) in [5, 5.41) is 2.98. The van der Waals surface area contributed by atoms with Gasteiger partial charge in [-0.3, -0.25) is 9.59 Å². The summed E-state index contributed by atoms with van der Waals surface area (Å²) < 4.78 is 0. The highest BCUT2D eigenvalue weighted by Crippen LogP contribution is 2.16. The van der Waals surface area contributed by atoms with E-state index in [0.717, 1.165) is 25.9 Å². The lowest BCUT2D eigenvalue weighted by atomic mass is 10.2. The number of hydrogen-bond acceptors (Lipinski definition) is 5. The summed E-state index contributed by atoms with van der Waals surface area (Å²) in [7, 11) is 0. The standard InChI is InChI=1S/C13H19N5O2/c1-8(13(20)18-4-2-3-5-18)17-11-6-9(12(15)19)10(14)7-16-11/h6-8H,2-5,14H2,1H3,(H2,15,19)(H,16,17). The van der Waals surface area contributed by atoms with Gasteiger partial charge in [-0.2, -0.15) is 0 Å². The summed E-state index contributed by atoms with van der Waals surface area (Å²) in [4.78, 5) is 29.2. The molecule has 108 valence electrons. The molecule has 1 aromatic rings. The minimum absolute atomic E-state index is 0.0294. The first-order valence-corrected chi connectivity index (χ1v) is 6.59. The zero-order valence-corrected chi connectivity index (χ0v) is 11.4. The number of nitrogens with one attached hydrogen (secondary N) is 1. The summed E-state index contributed by atoms with van der Waals surface area (Å²) >= 11 is 0. The first kappa shape index (κ1) is 14.1. The molecule has 0 aromatic carbocycles. The van der Waals surface area contributed by atoms with Gasteiger partial charge >= 0.3 is 0 Å². The summed E-state index contributed by atoms with van der Waals surface area (Å²) in [6.45, 7) is 3.36. The second-order valence-corrected chi connectivity index (χ2v) is 4.92. The normalized spacial score (nSPS) is 15.9. The molecule has 2 heterocycles. The first-order chi connectivity index (χ1) is 9.49. The number of likely N-dealkylation sites (tertiary alicyclic amines) is 1. The average Bonchev–Trinajstić information content (AvgIpc) is 2.93. The summed E-state index contributed by atoms with van der Waals surface area (Å²) in [6.07, 6.45) is 3.45. The molecule has 0 bridgehead atoms. The van der Waals surface area contributed by atoms with Crippen LogP contribution in [0.2, 0.25) is 0 Å². The van der Waals surface area contributed by atoms with Gasteiger partial charge in [-0.05, 0) is 25.8 Å². The molecule has 7 heteroatoms. The highest BCUT2D eigenvalue weighted by Gasteiger charge is 2.23. The fourth-order valence-corrected chi connectivity index (χ4v) is 2.25. The number of primary amides is 1. The van der Waals surface area contributed by atoms with E-state index < -0.39 is 11.9 Å². The number of amides is 2. The van der Waals surface area contributed by atoms with E-state index in [1.165, 1.54) is 12.3 Å². The van der Waals surface area contributed by atoms with Gasteiger partial charge in [0.15, 0.2) is 0 Å². The third kappa shape index (κ3) is 2.98. The van der Waals surface area contributed by atoms with Crippen molar-refractivity contribution in [3.63, 3.8) is 0 Å². The van der Waals surface area contributed by atoms with Crippen LogP contribution in [0, 0.1) is 0 Å². The van der Waals surface area contributed by atoms with E-state index >= 15 is 0 Å². The molecule has 5 N–H and O–H groups in total. The molecule has 0 radical (unpaired) electrons. The maximum Gasteiger partial charge on any atom is 0.250 e. The third-order valence-corrected chi connectivity index (χ3v) is 3.35. The van der Waals surface area contributed by atoms with Gasteiger partial charge in [0.25, 0.3) is 5.91 Å². The number of nitrogens with zero attached hydrogens (tertiary/aromatic N) is 2. The molecule has 7 nitrogen and oxygen atoms in total. The molecule has 1 saturated heterocycles. The zero-order chi connectivity index (χ0) is 14.7. The van der Waals surface area contributed by atoms with Crippen LogP contribution < -0.4 is 16.8 Å². The van der Waals surface area contributed by atoms with E-state index in [9.17, 15) is 9.59 Å². The van der Waals surface area contributed by atoms with Gasteiger partial charge in [-0.25, -0.2) is 4.98 Å². The number of carbonyl (C=O) groups is 2. The molecule has 1 aliphatic rings. The Labute approximate surface area is 117 Å². The number of nitrogen functional groups attached to an aromatic ring is 1. The highest BCUT2D eigenvalue weighted by molar-refractivity contribution is 5.98. The highest BCUT2D eigenvalue weighted by atomic mass is 16.2. The van der Waals surface area contributed by atoms with Gasteiger partial charge in [0, 0.05) is 13.1 Å². The molecular formula is C13H19N5O2. The summed E-state index contributed by atoms with van der Waals surface area (Å²) in [6, 6.07) is 1.05. The lowest BCUT2D eigenvalue weighted by Crippen LogP contribution is -2.39. The zero-order valence-electron chi connectivity index (χ0n) is 11.4. The Morgan fingerprint density at radius 3 is 2.65 bits per heavy atom. The van der Waals surface area contributed by atoms with Crippen molar-refractivity contribution in [2.45, 2.75) is 25.8 Å². The Kier molecular flexibility index (Phi) is 4.07. The van der Waals surface area contributed by atoms with Crippen molar-refractivity contribution in [1.29, 1.82) is 0 Å². The third-order valence-electron chi connectivity index (χ3n) is 3.35. The number of hydrogen-bond donors (Lipinski definition) is 3. The van der Waals surface area contributed by atoms with Crippen LogP contribution in [-0.4, -0.2) is 40.8 Å². The molecule has 1 atom stereocenters. The number of nitrogens with two attached hydrogens (primary N) is 2. The van der Waals surface area contributed by atoms with Crippen LogP contribution in [0.25, 0.3) is 0 Å². The topological polar surface area (TPSA) is 114 Å². The minimum Gasteiger partial charge on any atom is -0.397 e. The van der Waals surface area contributed by atoms with Crippen LogP contribution in [0.5, 0.6) is 0 Å². The average molecular weight is 277 g/mol. The molecule has 0 aliphatic carbocycles. The maximum atomic E-state index is 12.2. The van der Waals surface area contributed by atoms with Crippen LogP contribution in [0.3, 0.4) is 0 Å². The first-order valence-electron chi connectivity index (χ1n) is 6.59. The van der Waals surface area contributed by atoms with E-state index in [1.807, 2.05) is 4.90 Å². The van der Waals surface area contributed by atoms with Gasteiger partial charge in [-0.15, -0.1) is 0 Å². The van der Waals surface area contributed by atoms with E-state index in [1.54, 1.807) is 6.92 Å². The number of anilines is 2. The predicted octanol–water partition coefficient (Wildman–Crippen LogP) is 0.185. The fraction of sp³-hybridized carbons (Fsp3) is 0.462. The monoisotopic (exact) mass is 277 g/mol. The largest absolute Gasteiger partial charge is 0.397 e. The van der Waals surface area contributed by atoms with Crippen molar-refractivity contribution in [3.8, 4) is 0 Å². The maximum absolute atomic E-state index is 12.2. The Bertz CT molecular complexity index is 525. The number of pyridine rings is 1. The molecule has 0 spiro atoms. The summed E-state index contributed by atoms with van der Waals surface area (Å²) in [5.74, 6) is -0.179. The lowest BCUT2D eigenvalue weighted by molar-refractivity contribution is -0.130. The number of aromatic nitrogens is 1. The van der Waals surface area contributed by atoms with E-state index in [4.69, 9.17) is 11.5 Å². The smallest absolute Gasteiger partial charge is 0.250 e. The van der Waals surface area contributed by atoms with Gasteiger partial charge in [0.2, 0.25) is 5.91 Å². The summed E-state index contributed by atoms with van der Waals surface area (Å²) in [5.41, 5.74) is 11.3. The van der Waals surface area contributed by atoms with Crippen LogP contribution in [0.4, 0.5) is 11.5 Å². The minimum atomic E-state index is -0.619. The SMILES string of the molecule is CC(Nc1cc(C(N)=O)c(N)cn1)C(=O)N1CCCC1. The quantitative estimate of drug-likeness (QED) is 0.726. The molecule has 20 heavy (non-hydrogen) atoms. The second-order valence-electron chi connectivity index (χ2n) is 4.92. The van der Waals surface area contributed by atoms with Crippen LogP contribution in [-0.2, 0) is 4.79 Å². The van der Waals surface area contributed by atoms with Crippen molar-refractivity contribution in [1.82, 2.24) is 9.88 Å². The lowest BCUT2D eigenvalue weighted by Gasteiger charge is -2.21. The van der Waals surface area contributed by atoms with Crippen molar-refractivity contribution in [3.05, 3.63) is 17.8 Å². The van der Waals surface area contributed by atoms with Crippen molar-refractivity contribution in [2.75, 3.05) is 24.1 Å².